The first-order valence-corrected chi connectivity index (χ1v) is 8.41. The second kappa shape index (κ2) is 8.83. The van der Waals surface area contributed by atoms with Crippen LogP contribution in [0.4, 0.5) is 5.69 Å². The lowest BCUT2D eigenvalue weighted by atomic mass is 10.1. The van der Waals surface area contributed by atoms with Gasteiger partial charge in [-0.15, -0.1) is 11.8 Å². The molecule has 1 amide bonds. The third kappa shape index (κ3) is 5.20. The SMILES string of the molecule is Cc1ccccc1CSCC(=O)N/N=C\c1ccccc1[N+](=O)[O-]. The highest BCUT2D eigenvalue weighted by Gasteiger charge is 2.10. The summed E-state index contributed by atoms with van der Waals surface area (Å²) in [7, 11) is 0. The summed E-state index contributed by atoms with van der Waals surface area (Å²) in [6, 6.07) is 14.2. The summed E-state index contributed by atoms with van der Waals surface area (Å²) in [4.78, 5) is 22.1. The van der Waals surface area contributed by atoms with Crippen molar-refractivity contribution < 1.29 is 9.72 Å². The van der Waals surface area contributed by atoms with Gasteiger partial charge in [0, 0.05) is 11.8 Å². The molecule has 0 aromatic heterocycles. The zero-order valence-electron chi connectivity index (χ0n) is 13.1. The molecule has 0 unspecified atom stereocenters. The quantitative estimate of drug-likeness (QED) is 0.475. The molecule has 7 heteroatoms. The number of hydrogen-bond donors (Lipinski definition) is 1. The predicted molar refractivity (Wildman–Crippen MR) is 96.2 cm³/mol. The van der Waals surface area contributed by atoms with Crippen LogP contribution in [0.5, 0.6) is 0 Å². The van der Waals surface area contributed by atoms with Gasteiger partial charge in [0.15, 0.2) is 0 Å². The Balaban J connectivity index is 1.81. The molecular weight excluding hydrogens is 326 g/mol. The van der Waals surface area contributed by atoms with E-state index in [-0.39, 0.29) is 17.3 Å². The van der Waals surface area contributed by atoms with Gasteiger partial charge in [0.1, 0.15) is 0 Å². The van der Waals surface area contributed by atoms with Crippen LogP contribution in [0, 0.1) is 17.0 Å². The molecule has 0 aliphatic heterocycles. The average molecular weight is 343 g/mol. The Bertz CT molecular complexity index is 762. The van der Waals surface area contributed by atoms with E-state index in [0.29, 0.717) is 5.56 Å². The molecule has 2 aromatic rings. The Kier molecular flexibility index (Phi) is 6.51. The molecule has 0 aliphatic carbocycles. The molecule has 1 N–H and O–H groups in total. The average Bonchev–Trinajstić information content (AvgIpc) is 2.57. The van der Waals surface area contributed by atoms with Crippen LogP contribution in [-0.2, 0) is 10.5 Å². The minimum Gasteiger partial charge on any atom is -0.272 e. The molecule has 6 nitrogen and oxygen atoms in total. The number of thioether (sulfide) groups is 1. The highest BCUT2D eigenvalue weighted by molar-refractivity contribution is 7.99. The van der Waals surface area contributed by atoms with E-state index in [1.165, 1.54) is 35.2 Å². The third-order valence-corrected chi connectivity index (χ3v) is 4.26. The number of benzene rings is 2. The Hall–Kier alpha value is -2.67. The number of carbonyl (C=O) groups is 1. The standard InChI is InChI=1S/C17H17N3O3S/c1-13-6-2-3-8-15(13)11-24-12-17(21)19-18-10-14-7-4-5-9-16(14)20(22)23/h2-10H,11-12H2,1H3,(H,19,21)/b18-10-. The zero-order chi connectivity index (χ0) is 17.4. The Morgan fingerprint density at radius 1 is 1.25 bits per heavy atom. The van der Waals surface area contributed by atoms with Crippen LogP contribution in [0.3, 0.4) is 0 Å². The third-order valence-electron chi connectivity index (χ3n) is 3.28. The first kappa shape index (κ1) is 17.7. The number of amides is 1. The predicted octanol–water partition coefficient (Wildman–Crippen LogP) is 3.29. The zero-order valence-corrected chi connectivity index (χ0v) is 14.0. The normalized spacial score (nSPS) is 10.7. The van der Waals surface area contributed by atoms with Gasteiger partial charge in [-0.2, -0.15) is 5.10 Å². The van der Waals surface area contributed by atoms with Gasteiger partial charge in [-0.1, -0.05) is 36.4 Å². The van der Waals surface area contributed by atoms with Crippen molar-refractivity contribution in [1.29, 1.82) is 0 Å². The molecule has 24 heavy (non-hydrogen) atoms. The number of aryl methyl sites for hydroxylation is 1. The van der Waals surface area contributed by atoms with E-state index in [0.717, 1.165) is 5.75 Å². The maximum Gasteiger partial charge on any atom is 0.278 e. The van der Waals surface area contributed by atoms with Crippen molar-refractivity contribution in [2.45, 2.75) is 12.7 Å². The van der Waals surface area contributed by atoms with Gasteiger partial charge < -0.3 is 0 Å². The Morgan fingerprint density at radius 2 is 1.96 bits per heavy atom. The summed E-state index contributed by atoms with van der Waals surface area (Å²) >= 11 is 1.49. The fourth-order valence-corrected chi connectivity index (χ4v) is 2.89. The summed E-state index contributed by atoms with van der Waals surface area (Å²) in [5, 5.41) is 14.7. The number of nitrogens with zero attached hydrogens (tertiary/aromatic N) is 2. The topological polar surface area (TPSA) is 84.6 Å². The fraction of sp³-hybridized carbons (Fsp3) is 0.176. The van der Waals surface area contributed by atoms with Gasteiger partial charge >= 0.3 is 0 Å². The molecular formula is C17H17N3O3S. The van der Waals surface area contributed by atoms with E-state index in [1.54, 1.807) is 18.2 Å². The van der Waals surface area contributed by atoms with Crippen molar-refractivity contribution in [3.63, 3.8) is 0 Å². The minimum atomic E-state index is -0.485. The number of para-hydroxylation sites is 1. The maximum absolute atomic E-state index is 11.7. The molecule has 0 fully saturated rings. The van der Waals surface area contributed by atoms with Crippen LogP contribution in [0.15, 0.2) is 53.6 Å². The van der Waals surface area contributed by atoms with Gasteiger partial charge in [-0.25, -0.2) is 5.43 Å². The van der Waals surface area contributed by atoms with Crippen molar-refractivity contribution in [2.75, 3.05) is 5.75 Å². The van der Waals surface area contributed by atoms with Crippen LogP contribution in [0.25, 0.3) is 0 Å². The number of rotatable bonds is 7. The molecule has 0 aliphatic rings. The van der Waals surface area contributed by atoms with E-state index in [9.17, 15) is 14.9 Å². The number of hydrogen-bond acceptors (Lipinski definition) is 5. The van der Waals surface area contributed by atoms with Crippen molar-refractivity contribution in [1.82, 2.24) is 5.43 Å². The van der Waals surface area contributed by atoms with Gasteiger partial charge in [-0.05, 0) is 24.1 Å². The molecule has 0 saturated heterocycles. The van der Waals surface area contributed by atoms with E-state index in [1.807, 2.05) is 31.2 Å². The maximum atomic E-state index is 11.7. The van der Waals surface area contributed by atoms with Crippen molar-refractivity contribution in [3.8, 4) is 0 Å². The summed E-state index contributed by atoms with van der Waals surface area (Å²) in [5.74, 6) is 0.764. The van der Waals surface area contributed by atoms with Crippen LogP contribution in [0.2, 0.25) is 0 Å². The lowest BCUT2D eigenvalue weighted by Gasteiger charge is -2.04. The van der Waals surface area contributed by atoms with Gasteiger partial charge in [0.2, 0.25) is 5.91 Å². The number of nitrogens with one attached hydrogen (secondary N) is 1. The highest BCUT2D eigenvalue weighted by Crippen LogP contribution is 2.16. The number of hydrazone groups is 1. The van der Waals surface area contributed by atoms with Crippen molar-refractivity contribution in [3.05, 3.63) is 75.3 Å². The Morgan fingerprint density at radius 3 is 2.71 bits per heavy atom. The molecule has 0 saturated carbocycles. The molecule has 0 radical (unpaired) electrons. The van der Waals surface area contributed by atoms with Crippen molar-refractivity contribution >= 4 is 29.6 Å². The van der Waals surface area contributed by atoms with Gasteiger partial charge in [0.25, 0.3) is 5.69 Å². The monoisotopic (exact) mass is 343 g/mol. The van der Waals surface area contributed by atoms with Crippen molar-refractivity contribution in [2.24, 2.45) is 5.10 Å². The smallest absolute Gasteiger partial charge is 0.272 e. The van der Waals surface area contributed by atoms with Gasteiger partial charge in [-0.3, -0.25) is 14.9 Å². The van der Waals surface area contributed by atoms with Crippen LogP contribution < -0.4 is 5.43 Å². The molecule has 0 bridgehead atoms. The molecule has 0 spiro atoms. The second-order valence-corrected chi connectivity index (χ2v) is 6.01. The molecule has 0 heterocycles. The number of nitro benzene ring substituents is 1. The molecule has 124 valence electrons. The molecule has 2 rings (SSSR count). The first-order chi connectivity index (χ1) is 11.6. The summed E-state index contributed by atoms with van der Waals surface area (Å²) in [6.07, 6.45) is 1.28. The van der Waals surface area contributed by atoms with Crippen LogP contribution in [-0.4, -0.2) is 22.8 Å². The first-order valence-electron chi connectivity index (χ1n) is 7.25. The summed E-state index contributed by atoms with van der Waals surface area (Å²) in [5.41, 5.74) is 5.06. The van der Waals surface area contributed by atoms with E-state index < -0.39 is 4.92 Å². The van der Waals surface area contributed by atoms with Crippen LogP contribution in [0.1, 0.15) is 16.7 Å². The summed E-state index contributed by atoms with van der Waals surface area (Å²) < 4.78 is 0. The van der Waals surface area contributed by atoms with E-state index >= 15 is 0 Å². The lowest BCUT2D eigenvalue weighted by molar-refractivity contribution is -0.385. The van der Waals surface area contributed by atoms with Gasteiger partial charge in [0.05, 0.1) is 22.5 Å². The van der Waals surface area contributed by atoms with E-state index in [4.69, 9.17) is 0 Å². The van der Waals surface area contributed by atoms with Crippen LogP contribution >= 0.6 is 11.8 Å². The lowest BCUT2D eigenvalue weighted by Crippen LogP contribution is -2.19. The molecule has 0 atom stereocenters. The Labute approximate surface area is 144 Å². The fourth-order valence-electron chi connectivity index (χ4n) is 1.99. The molecule has 2 aromatic carbocycles. The largest absolute Gasteiger partial charge is 0.278 e. The number of carbonyl (C=O) groups excluding carboxylic acids is 1. The minimum absolute atomic E-state index is 0.0515. The number of nitro groups is 1. The second-order valence-electron chi connectivity index (χ2n) is 5.03. The highest BCUT2D eigenvalue weighted by atomic mass is 32.2. The summed E-state index contributed by atoms with van der Waals surface area (Å²) in [6.45, 7) is 2.03. The van der Waals surface area contributed by atoms with E-state index in [2.05, 4.69) is 10.5 Å².